The number of carbonyl (C=O) groups excluding carboxylic acids is 2. The van der Waals surface area contributed by atoms with Crippen molar-refractivity contribution in [2.75, 3.05) is 20.3 Å². The van der Waals surface area contributed by atoms with E-state index >= 15 is 0 Å². The number of carboxylic acids is 1. The second kappa shape index (κ2) is 11.4. The van der Waals surface area contributed by atoms with Crippen molar-refractivity contribution in [3.8, 4) is 11.1 Å². The number of ether oxygens (including phenoxy) is 2. The number of benzene rings is 2. The Bertz CT molecular complexity index is 1020. The van der Waals surface area contributed by atoms with E-state index in [1.165, 1.54) is 7.11 Å². The molecule has 3 rings (SSSR count). The standard InChI is InChI=1S/C27H34N2O6/c1-5-27(6-2,25(32)29-23(24(30)31)17(3)34-4)16-28-26(33)35-15-22-20-13-9-7-11-18(20)19-12-8-10-14-21(19)22/h7-14,17,22-23H,5-6,15-16H2,1-4H3,(H,28,33)(H,29,32)(H,30,31). The number of rotatable bonds is 11. The molecule has 0 saturated carbocycles. The molecule has 2 aromatic rings. The van der Waals surface area contributed by atoms with E-state index in [1.807, 2.05) is 50.2 Å². The molecule has 1 aliphatic carbocycles. The zero-order valence-corrected chi connectivity index (χ0v) is 20.7. The normalized spacial score (nSPS) is 14.4. The van der Waals surface area contributed by atoms with Crippen LogP contribution in [0.15, 0.2) is 48.5 Å². The molecule has 3 N–H and O–H groups in total. The van der Waals surface area contributed by atoms with Gasteiger partial charge in [0.15, 0.2) is 6.04 Å². The number of aliphatic carboxylic acids is 1. The minimum Gasteiger partial charge on any atom is -0.480 e. The van der Waals surface area contributed by atoms with Gasteiger partial charge in [-0.25, -0.2) is 9.59 Å². The number of carbonyl (C=O) groups is 3. The Kier molecular flexibility index (Phi) is 8.51. The number of hydrogen-bond donors (Lipinski definition) is 3. The van der Waals surface area contributed by atoms with E-state index in [9.17, 15) is 19.5 Å². The minimum atomic E-state index is -1.19. The molecule has 2 atom stereocenters. The quantitative estimate of drug-likeness (QED) is 0.447. The van der Waals surface area contributed by atoms with Crippen molar-refractivity contribution in [1.29, 1.82) is 0 Å². The van der Waals surface area contributed by atoms with Gasteiger partial charge >= 0.3 is 12.1 Å². The number of alkyl carbamates (subject to hydrolysis) is 1. The number of amides is 2. The fourth-order valence-corrected chi connectivity index (χ4v) is 4.60. The molecule has 8 heteroatoms. The van der Waals surface area contributed by atoms with Gasteiger partial charge in [-0.15, -0.1) is 0 Å². The van der Waals surface area contributed by atoms with Crippen LogP contribution < -0.4 is 10.6 Å². The van der Waals surface area contributed by atoms with Gasteiger partial charge < -0.3 is 25.2 Å². The van der Waals surface area contributed by atoms with Gasteiger partial charge in [0.05, 0.1) is 11.5 Å². The van der Waals surface area contributed by atoms with E-state index in [0.29, 0.717) is 12.8 Å². The van der Waals surface area contributed by atoms with Gasteiger partial charge in [0, 0.05) is 19.6 Å². The first kappa shape index (κ1) is 26.2. The second-order valence-corrected chi connectivity index (χ2v) is 8.90. The highest BCUT2D eigenvalue weighted by Crippen LogP contribution is 2.44. The highest BCUT2D eigenvalue weighted by atomic mass is 16.5. The summed E-state index contributed by atoms with van der Waals surface area (Å²) in [5.74, 6) is -1.69. The minimum absolute atomic E-state index is 0.0240. The topological polar surface area (TPSA) is 114 Å². The van der Waals surface area contributed by atoms with Crippen molar-refractivity contribution in [1.82, 2.24) is 10.6 Å². The number of nitrogens with one attached hydrogen (secondary N) is 2. The van der Waals surface area contributed by atoms with Gasteiger partial charge in [0.25, 0.3) is 0 Å². The van der Waals surface area contributed by atoms with Crippen molar-refractivity contribution in [2.24, 2.45) is 5.41 Å². The molecule has 2 aromatic carbocycles. The maximum atomic E-state index is 13.1. The molecular formula is C27H34N2O6. The second-order valence-electron chi connectivity index (χ2n) is 8.90. The van der Waals surface area contributed by atoms with Crippen molar-refractivity contribution >= 4 is 18.0 Å². The van der Waals surface area contributed by atoms with Gasteiger partial charge in [0.1, 0.15) is 6.61 Å². The van der Waals surface area contributed by atoms with E-state index in [2.05, 4.69) is 22.8 Å². The summed E-state index contributed by atoms with van der Waals surface area (Å²) in [6, 6.07) is 15.0. The number of fused-ring (bicyclic) bond motifs is 3. The summed E-state index contributed by atoms with van der Waals surface area (Å²) in [7, 11) is 1.39. The summed E-state index contributed by atoms with van der Waals surface area (Å²) >= 11 is 0. The molecule has 188 valence electrons. The summed E-state index contributed by atoms with van der Waals surface area (Å²) in [6.07, 6.45) is -0.511. The maximum Gasteiger partial charge on any atom is 0.407 e. The van der Waals surface area contributed by atoms with Gasteiger partial charge in [0.2, 0.25) is 5.91 Å². The smallest absolute Gasteiger partial charge is 0.407 e. The van der Waals surface area contributed by atoms with Crippen molar-refractivity contribution in [2.45, 2.75) is 51.7 Å². The number of methoxy groups -OCH3 is 1. The van der Waals surface area contributed by atoms with Crippen molar-refractivity contribution in [3.63, 3.8) is 0 Å². The molecule has 0 saturated heterocycles. The number of hydrogen-bond acceptors (Lipinski definition) is 5. The highest BCUT2D eigenvalue weighted by Gasteiger charge is 2.39. The average Bonchev–Trinajstić information content (AvgIpc) is 3.20. The molecule has 8 nitrogen and oxygen atoms in total. The SMILES string of the molecule is CCC(CC)(CNC(=O)OCC1c2ccccc2-c2ccccc21)C(=O)NC(C(=O)O)C(C)OC. The summed E-state index contributed by atoms with van der Waals surface area (Å²) in [4.78, 5) is 37.3. The summed E-state index contributed by atoms with van der Waals surface area (Å²) in [5, 5.41) is 14.8. The Morgan fingerprint density at radius 1 is 1.00 bits per heavy atom. The molecule has 0 radical (unpaired) electrons. The largest absolute Gasteiger partial charge is 0.480 e. The van der Waals surface area contributed by atoms with Gasteiger partial charge in [-0.3, -0.25) is 4.79 Å². The van der Waals surface area contributed by atoms with Crippen molar-refractivity contribution < 1.29 is 29.0 Å². The lowest BCUT2D eigenvalue weighted by Gasteiger charge is -2.32. The molecule has 0 fully saturated rings. The third-order valence-corrected chi connectivity index (χ3v) is 7.14. The summed E-state index contributed by atoms with van der Waals surface area (Å²) in [6.45, 7) is 5.43. The van der Waals surface area contributed by atoms with Crippen LogP contribution in [0.4, 0.5) is 4.79 Å². The molecule has 0 spiro atoms. The highest BCUT2D eigenvalue weighted by molar-refractivity contribution is 5.88. The molecule has 2 unspecified atom stereocenters. The van der Waals surface area contributed by atoms with E-state index in [0.717, 1.165) is 22.3 Å². The Morgan fingerprint density at radius 2 is 1.54 bits per heavy atom. The van der Waals surface area contributed by atoms with Crippen LogP contribution in [0, 0.1) is 5.41 Å². The molecule has 2 amide bonds. The lowest BCUT2D eigenvalue weighted by molar-refractivity contribution is -0.147. The third kappa shape index (κ3) is 5.48. The van der Waals surface area contributed by atoms with E-state index in [4.69, 9.17) is 9.47 Å². The Balaban J connectivity index is 1.64. The van der Waals surface area contributed by atoms with Crippen LogP contribution in [0.3, 0.4) is 0 Å². The van der Waals surface area contributed by atoms with Crippen LogP contribution in [0.5, 0.6) is 0 Å². The van der Waals surface area contributed by atoms with Gasteiger partial charge in [-0.2, -0.15) is 0 Å². The lowest BCUT2D eigenvalue weighted by atomic mass is 9.81. The first-order valence-corrected chi connectivity index (χ1v) is 11.9. The predicted octanol–water partition coefficient (Wildman–Crippen LogP) is 3.94. The number of carboxylic acid groups (broad SMARTS) is 1. The Morgan fingerprint density at radius 3 is 2.03 bits per heavy atom. The van der Waals surface area contributed by atoms with Crippen LogP contribution in [0.2, 0.25) is 0 Å². The first-order chi connectivity index (χ1) is 16.8. The van der Waals surface area contributed by atoms with Gasteiger partial charge in [-0.05, 0) is 42.0 Å². The zero-order valence-electron chi connectivity index (χ0n) is 20.7. The maximum absolute atomic E-state index is 13.1. The van der Waals surface area contributed by atoms with E-state index in [1.54, 1.807) is 6.92 Å². The van der Waals surface area contributed by atoms with E-state index < -0.39 is 35.5 Å². The predicted molar refractivity (Wildman–Crippen MR) is 132 cm³/mol. The molecule has 0 heterocycles. The lowest BCUT2D eigenvalue weighted by Crippen LogP contribution is -2.55. The molecule has 0 aromatic heterocycles. The monoisotopic (exact) mass is 482 g/mol. The average molecular weight is 483 g/mol. The van der Waals surface area contributed by atoms with Crippen molar-refractivity contribution in [3.05, 3.63) is 59.7 Å². The fraction of sp³-hybridized carbons (Fsp3) is 0.444. The van der Waals surface area contributed by atoms with Crippen LogP contribution in [0.1, 0.15) is 50.7 Å². The molecule has 1 aliphatic rings. The van der Waals surface area contributed by atoms with Crippen LogP contribution in [0.25, 0.3) is 11.1 Å². The van der Waals surface area contributed by atoms with Gasteiger partial charge in [-0.1, -0.05) is 62.4 Å². The summed E-state index contributed by atoms with van der Waals surface area (Å²) in [5.41, 5.74) is 3.53. The molecular weight excluding hydrogens is 448 g/mol. The molecule has 0 bridgehead atoms. The van der Waals surface area contributed by atoms with Crippen LogP contribution in [-0.4, -0.2) is 55.5 Å². The summed E-state index contributed by atoms with van der Waals surface area (Å²) < 4.78 is 10.7. The van der Waals surface area contributed by atoms with E-state index in [-0.39, 0.29) is 19.1 Å². The third-order valence-electron chi connectivity index (χ3n) is 7.14. The molecule has 35 heavy (non-hydrogen) atoms. The van der Waals surface area contributed by atoms with Crippen LogP contribution >= 0.6 is 0 Å². The Hall–Kier alpha value is -3.39. The first-order valence-electron chi connectivity index (χ1n) is 11.9. The molecule has 0 aliphatic heterocycles. The fourth-order valence-electron chi connectivity index (χ4n) is 4.60. The van der Waals surface area contributed by atoms with Crippen LogP contribution in [-0.2, 0) is 19.1 Å². The Labute approximate surface area is 206 Å². The zero-order chi connectivity index (χ0) is 25.6.